The molecule has 0 aliphatic rings. The monoisotopic (exact) mass is 147 g/mol. The largest absolute Gasteiger partial charge is 0.382 e. The van der Waals surface area contributed by atoms with E-state index < -0.39 is 0 Å². The molecule has 3 heteroatoms. The first-order valence-corrected chi connectivity index (χ1v) is 3.68. The summed E-state index contributed by atoms with van der Waals surface area (Å²) in [6.07, 6.45) is 1.22. The summed E-state index contributed by atoms with van der Waals surface area (Å²) in [5.41, 5.74) is 2.77. The molecule has 62 valence electrons. The molecule has 0 spiro atoms. The molecule has 0 aliphatic heterocycles. The highest BCUT2D eigenvalue weighted by Crippen LogP contribution is 1.93. The van der Waals surface area contributed by atoms with Crippen LogP contribution in [0.2, 0.25) is 0 Å². The van der Waals surface area contributed by atoms with Gasteiger partial charge in [0.2, 0.25) is 0 Å². The van der Waals surface area contributed by atoms with Gasteiger partial charge >= 0.3 is 0 Å². The summed E-state index contributed by atoms with van der Waals surface area (Å²) >= 11 is 0. The predicted molar refractivity (Wildman–Crippen MR) is 40.7 cm³/mol. The quantitative estimate of drug-likeness (QED) is 0.448. The van der Waals surface area contributed by atoms with E-state index in [9.17, 15) is 0 Å². The van der Waals surface area contributed by atoms with E-state index in [2.05, 4.69) is 5.48 Å². The molecule has 0 aliphatic carbocycles. The molecule has 1 N–H and O–H groups in total. The van der Waals surface area contributed by atoms with Crippen LogP contribution in [-0.4, -0.2) is 26.4 Å². The molecule has 0 aromatic rings. The maximum atomic E-state index is 5.03. The van der Waals surface area contributed by atoms with Gasteiger partial charge in [-0.3, -0.25) is 0 Å². The zero-order chi connectivity index (χ0) is 7.82. The Hall–Kier alpha value is -0.120. The van der Waals surface area contributed by atoms with Crippen molar-refractivity contribution < 1.29 is 9.57 Å². The summed E-state index contributed by atoms with van der Waals surface area (Å²) in [4.78, 5) is 5.03. The number of hydroxylamine groups is 1. The van der Waals surface area contributed by atoms with Gasteiger partial charge in [0, 0.05) is 13.7 Å². The Morgan fingerprint density at radius 1 is 1.50 bits per heavy atom. The fourth-order valence-corrected chi connectivity index (χ4v) is 0.517. The molecule has 3 nitrogen and oxygen atoms in total. The SMILES string of the molecule is CCNOCCC(C)OC. The Kier molecular flexibility index (Phi) is 6.91. The minimum Gasteiger partial charge on any atom is -0.382 e. The van der Waals surface area contributed by atoms with Crippen LogP contribution in [0, 0.1) is 0 Å². The van der Waals surface area contributed by atoms with Crippen LogP contribution in [0.1, 0.15) is 20.3 Å². The highest BCUT2D eigenvalue weighted by Gasteiger charge is 1.97. The Bertz CT molecular complexity index is 68.6. The second kappa shape index (κ2) is 6.99. The molecule has 0 fully saturated rings. The van der Waals surface area contributed by atoms with Gasteiger partial charge in [0.15, 0.2) is 0 Å². The van der Waals surface area contributed by atoms with Crippen molar-refractivity contribution in [1.29, 1.82) is 0 Å². The highest BCUT2D eigenvalue weighted by atomic mass is 16.6. The zero-order valence-corrected chi connectivity index (χ0v) is 7.02. The molecule has 0 rings (SSSR count). The van der Waals surface area contributed by atoms with Gasteiger partial charge in [0.25, 0.3) is 0 Å². The van der Waals surface area contributed by atoms with E-state index in [0.29, 0.717) is 12.7 Å². The smallest absolute Gasteiger partial charge is 0.0706 e. The molecular formula is C7H17NO2. The molecule has 0 bridgehead atoms. The summed E-state index contributed by atoms with van der Waals surface area (Å²) < 4.78 is 5.02. The predicted octanol–water partition coefficient (Wildman–Crippen LogP) is 0.953. The molecular weight excluding hydrogens is 130 g/mol. The van der Waals surface area contributed by atoms with E-state index in [1.165, 1.54) is 0 Å². The van der Waals surface area contributed by atoms with E-state index in [4.69, 9.17) is 9.57 Å². The molecule has 1 unspecified atom stereocenters. The lowest BCUT2D eigenvalue weighted by Crippen LogP contribution is -2.17. The highest BCUT2D eigenvalue weighted by molar-refractivity contribution is 4.45. The van der Waals surface area contributed by atoms with Crippen LogP contribution in [0.15, 0.2) is 0 Å². The minimum atomic E-state index is 0.290. The number of hydrogen-bond acceptors (Lipinski definition) is 3. The number of methoxy groups -OCH3 is 1. The maximum Gasteiger partial charge on any atom is 0.0706 e. The van der Waals surface area contributed by atoms with Gasteiger partial charge in [0.1, 0.15) is 0 Å². The van der Waals surface area contributed by atoms with Crippen LogP contribution in [-0.2, 0) is 9.57 Å². The van der Waals surface area contributed by atoms with Crippen molar-refractivity contribution in [3.8, 4) is 0 Å². The second-order valence-electron chi connectivity index (χ2n) is 2.18. The topological polar surface area (TPSA) is 30.5 Å². The average molecular weight is 147 g/mol. The Morgan fingerprint density at radius 2 is 2.20 bits per heavy atom. The van der Waals surface area contributed by atoms with Crippen LogP contribution in [0.4, 0.5) is 0 Å². The number of nitrogens with one attached hydrogen (secondary N) is 1. The van der Waals surface area contributed by atoms with Gasteiger partial charge in [-0.1, -0.05) is 6.92 Å². The van der Waals surface area contributed by atoms with Gasteiger partial charge in [-0.05, 0) is 13.3 Å². The molecule has 0 aromatic carbocycles. The van der Waals surface area contributed by atoms with Crippen molar-refractivity contribution in [2.24, 2.45) is 0 Å². The zero-order valence-electron chi connectivity index (χ0n) is 7.02. The molecule has 10 heavy (non-hydrogen) atoms. The first-order valence-electron chi connectivity index (χ1n) is 3.68. The van der Waals surface area contributed by atoms with E-state index in [0.717, 1.165) is 13.0 Å². The van der Waals surface area contributed by atoms with Crippen LogP contribution >= 0.6 is 0 Å². The van der Waals surface area contributed by atoms with Gasteiger partial charge in [0.05, 0.1) is 12.7 Å². The summed E-state index contributed by atoms with van der Waals surface area (Å²) in [7, 11) is 1.71. The minimum absolute atomic E-state index is 0.290. The number of ether oxygens (including phenoxy) is 1. The molecule has 0 saturated carbocycles. The van der Waals surface area contributed by atoms with E-state index in [1.807, 2.05) is 13.8 Å². The summed E-state index contributed by atoms with van der Waals surface area (Å²) in [6, 6.07) is 0. The van der Waals surface area contributed by atoms with Crippen molar-refractivity contribution >= 4 is 0 Å². The van der Waals surface area contributed by atoms with Crippen molar-refractivity contribution in [3.63, 3.8) is 0 Å². The lowest BCUT2D eigenvalue weighted by atomic mass is 10.3. The van der Waals surface area contributed by atoms with Gasteiger partial charge in [-0.25, -0.2) is 5.48 Å². The fourth-order valence-electron chi connectivity index (χ4n) is 0.517. The third-order valence-electron chi connectivity index (χ3n) is 1.28. The average Bonchev–Trinajstić information content (AvgIpc) is 1.98. The third-order valence-corrected chi connectivity index (χ3v) is 1.28. The van der Waals surface area contributed by atoms with Crippen LogP contribution in [0.25, 0.3) is 0 Å². The van der Waals surface area contributed by atoms with Gasteiger partial charge in [-0.15, -0.1) is 0 Å². The third kappa shape index (κ3) is 6.01. The molecule has 0 amide bonds. The van der Waals surface area contributed by atoms with E-state index >= 15 is 0 Å². The first-order chi connectivity index (χ1) is 4.81. The Labute approximate surface area is 62.7 Å². The fraction of sp³-hybridized carbons (Fsp3) is 1.00. The number of rotatable bonds is 6. The van der Waals surface area contributed by atoms with Crippen molar-refractivity contribution in [2.45, 2.75) is 26.4 Å². The Morgan fingerprint density at radius 3 is 2.70 bits per heavy atom. The van der Waals surface area contributed by atoms with Crippen molar-refractivity contribution in [3.05, 3.63) is 0 Å². The number of hydrogen-bond donors (Lipinski definition) is 1. The Balaban J connectivity index is 2.89. The van der Waals surface area contributed by atoms with Crippen LogP contribution in [0.3, 0.4) is 0 Å². The lowest BCUT2D eigenvalue weighted by molar-refractivity contribution is 0.0133. The molecule has 0 saturated heterocycles. The van der Waals surface area contributed by atoms with E-state index in [1.54, 1.807) is 7.11 Å². The van der Waals surface area contributed by atoms with Gasteiger partial charge in [-0.2, -0.15) is 0 Å². The normalized spacial score (nSPS) is 13.5. The molecule has 0 aromatic heterocycles. The maximum absolute atomic E-state index is 5.03. The van der Waals surface area contributed by atoms with Crippen LogP contribution < -0.4 is 5.48 Å². The van der Waals surface area contributed by atoms with Crippen LogP contribution in [0.5, 0.6) is 0 Å². The first kappa shape index (κ1) is 9.88. The lowest BCUT2D eigenvalue weighted by Gasteiger charge is -2.08. The van der Waals surface area contributed by atoms with Crippen molar-refractivity contribution in [1.82, 2.24) is 5.48 Å². The molecule has 1 atom stereocenters. The van der Waals surface area contributed by atoms with Gasteiger partial charge < -0.3 is 9.57 Å². The van der Waals surface area contributed by atoms with E-state index in [-0.39, 0.29) is 0 Å². The molecule has 0 radical (unpaired) electrons. The van der Waals surface area contributed by atoms with Crippen molar-refractivity contribution in [2.75, 3.05) is 20.3 Å². The second-order valence-corrected chi connectivity index (χ2v) is 2.18. The summed E-state index contributed by atoms with van der Waals surface area (Å²) in [6.45, 7) is 5.58. The molecule has 0 heterocycles. The standard InChI is InChI=1S/C7H17NO2/c1-4-8-10-6-5-7(2)9-3/h7-8H,4-6H2,1-3H3. The summed E-state index contributed by atoms with van der Waals surface area (Å²) in [5.74, 6) is 0. The summed E-state index contributed by atoms with van der Waals surface area (Å²) in [5, 5.41) is 0.